The van der Waals surface area contributed by atoms with Crippen LogP contribution in [-0.4, -0.2) is 24.3 Å². The van der Waals surface area contributed by atoms with Gasteiger partial charge in [-0.1, -0.05) is 12.1 Å². The van der Waals surface area contributed by atoms with Crippen molar-refractivity contribution in [2.24, 2.45) is 0 Å². The van der Waals surface area contributed by atoms with Gasteiger partial charge in [-0.15, -0.1) is 0 Å². The van der Waals surface area contributed by atoms with Crippen LogP contribution in [0.5, 0.6) is 0 Å². The fourth-order valence-corrected chi connectivity index (χ4v) is 1.98. The van der Waals surface area contributed by atoms with Crippen molar-refractivity contribution in [3.63, 3.8) is 0 Å². The van der Waals surface area contributed by atoms with Crippen LogP contribution in [0.3, 0.4) is 0 Å². The molecule has 0 aliphatic heterocycles. The number of carbonyl (C=O) groups excluding carboxylic acids is 1. The van der Waals surface area contributed by atoms with Crippen LogP contribution in [0.2, 0.25) is 0 Å². The van der Waals surface area contributed by atoms with Crippen molar-refractivity contribution in [2.75, 3.05) is 6.54 Å². The Bertz CT molecular complexity index is 526. The molecule has 0 bridgehead atoms. The van der Waals surface area contributed by atoms with Gasteiger partial charge in [-0.25, -0.2) is 4.79 Å². The summed E-state index contributed by atoms with van der Waals surface area (Å²) in [5.41, 5.74) is 1.26. The number of amides is 1. The van der Waals surface area contributed by atoms with Gasteiger partial charge in [-0.05, 0) is 52.3 Å². The van der Waals surface area contributed by atoms with Crippen LogP contribution in [0.25, 0.3) is 0 Å². The van der Waals surface area contributed by atoms with E-state index in [0.29, 0.717) is 12.1 Å². The van der Waals surface area contributed by atoms with E-state index in [1.54, 1.807) is 12.1 Å². The Labute approximate surface area is 132 Å². The topological polar surface area (TPSA) is 74.2 Å². The number of rotatable bonds is 5. The molecular weight excluding hydrogens is 278 g/mol. The van der Waals surface area contributed by atoms with Gasteiger partial charge in [0.05, 0.1) is 11.6 Å². The van der Waals surface area contributed by atoms with Crippen LogP contribution >= 0.6 is 0 Å². The second-order valence-electron chi connectivity index (χ2n) is 6.41. The SMILES string of the molecule is CC(CNC(=O)OC(C)(C)C)NC(C)c1ccc(C#N)cc1. The maximum Gasteiger partial charge on any atom is 0.407 e. The third-order valence-corrected chi connectivity index (χ3v) is 3.03. The van der Waals surface area contributed by atoms with Gasteiger partial charge in [0.15, 0.2) is 0 Å². The summed E-state index contributed by atoms with van der Waals surface area (Å²) in [6.07, 6.45) is -0.410. The number of carbonyl (C=O) groups is 1. The average molecular weight is 303 g/mol. The van der Waals surface area contributed by atoms with Crippen LogP contribution < -0.4 is 10.6 Å². The van der Waals surface area contributed by atoms with E-state index in [1.807, 2.05) is 46.8 Å². The summed E-state index contributed by atoms with van der Waals surface area (Å²) < 4.78 is 5.19. The highest BCUT2D eigenvalue weighted by atomic mass is 16.6. The summed E-state index contributed by atoms with van der Waals surface area (Å²) >= 11 is 0. The van der Waals surface area contributed by atoms with Crippen molar-refractivity contribution < 1.29 is 9.53 Å². The van der Waals surface area contributed by atoms with E-state index in [2.05, 4.69) is 16.7 Å². The van der Waals surface area contributed by atoms with E-state index in [9.17, 15) is 4.79 Å². The Hall–Kier alpha value is -2.06. The molecular formula is C17H25N3O2. The molecule has 1 rings (SSSR count). The molecule has 0 aliphatic carbocycles. The molecule has 120 valence electrons. The molecule has 0 aliphatic rings. The lowest BCUT2D eigenvalue weighted by molar-refractivity contribution is 0.0522. The first-order valence-corrected chi connectivity index (χ1v) is 7.44. The largest absolute Gasteiger partial charge is 0.444 e. The van der Waals surface area contributed by atoms with Gasteiger partial charge in [-0.2, -0.15) is 5.26 Å². The predicted octanol–water partition coefficient (Wildman–Crippen LogP) is 3.12. The van der Waals surface area contributed by atoms with Crippen molar-refractivity contribution in [1.82, 2.24) is 10.6 Å². The lowest BCUT2D eigenvalue weighted by Gasteiger charge is -2.23. The third-order valence-electron chi connectivity index (χ3n) is 3.03. The zero-order chi connectivity index (χ0) is 16.8. The number of nitrogens with one attached hydrogen (secondary N) is 2. The van der Waals surface area contributed by atoms with Gasteiger partial charge in [0.25, 0.3) is 0 Å². The molecule has 0 saturated carbocycles. The molecule has 5 heteroatoms. The summed E-state index contributed by atoms with van der Waals surface area (Å²) in [4.78, 5) is 11.6. The molecule has 22 heavy (non-hydrogen) atoms. The van der Waals surface area contributed by atoms with E-state index in [4.69, 9.17) is 10.00 Å². The fourth-order valence-electron chi connectivity index (χ4n) is 1.98. The molecule has 0 radical (unpaired) electrons. The Kier molecular flexibility index (Phi) is 6.39. The lowest BCUT2D eigenvalue weighted by Crippen LogP contribution is -2.41. The first kappa shape index (κ1) is 18.0. The molecule has 0 spiro atoms. The normalized spacial score (nSPS) is 13.8. The van der Waals surface area contributed by atoms with E-state index < -0.39 is 11.7 Å². The van der Waals surface area contributed by atoms with Gasteiger partial charge in [0, 0.05) is 18.6 Å². The second kappa shape index (κ2) is 7.81. The molecule has 2 N–H and O–H groups in total. The van der Waals surface area contributed by atoms with E-state index in [0.717, 1.165) is 5.56 Å². The van der Waals surface area contributed by atoms with Crippen LogP contribution in [0.4, 0.5) is 4.79 Å². The summed E-state index contributed by atoms with van der Waals surface area (Å²) in [6.45, 7) is 10.0. The molecule has 2 unspecified atom stereocenters. The van der Waals surface area contributed by atoms with Crippen LogP contribution in [0.15, 0.2) is 24.3 Å². The third kappa shape index (κ3) is 6.59. The van der Waals surface area contributed by atoms with E-state index in [-0.39, 0.29) is 12.1 Å². The van der Waals surface area contributed by atoms with Crippen molar-refractivity contribution in [2.45, 2.75) is 52.3 Å². The highest BCUT2D eigenvalue weighted by molar-refractivity contribution is 5.67. The highest BCUT2D eigenvalue weighted by Gasteiger charge is 2.17. The maximum absolute atomic E-state index is 11.6. The molecule has 1 aromatic rings. The van der Waals surface area contributed by atoms with Gasteiger partial charge < -0.3 is 15.4 Å². The number of alkyl carbamates (subject to hydrolysis) is 1. The summed E-state index contributed by atoms with van der Waals surface area (Å²) in [6, 6.07) is 9.80. The number of benzene rings is 1. The summed E-state index contributed by atoms with van der Waals surface area (Å²) in [5.74, 6) is 0. The Morgan fingerprint density at radius 3 is 2.36 bits per heavy atom. The number of hydrogen-bond donors (Lipinski definition) is 2. The summed E-state index contributed by atoms with van der Waals surface area (Å²) in [5, 5.41) is 14.9. The number of nitriles is 1. The van der Waals surface area contributed by atoms with E-state index >= 15 is 0 Å². The predicted molar refractivity (Wildman–Crippen MR) is 86.4 cm³/mol. The minimum Gasteiger partial charge on any atom is -0.444 e. The summed E-state index contributed by atoms with van der Waals surface area (Å²) in [7, 11) is 0. The number of ether oxygens (including phenoxy) is 1. The first-order chi connectivity index (χ1) is 10.2. The zero-order valence-electron chi connectivity index (χ0n) is 13.9. The molecule has 0 heterocycles. The Morgan fingerprint density at radius 2 is 1.86 bits per heavy atom. The average Bonchev–Trinajstić information content (AvgIpc) is 2.43. The molecule has 0 fully saturated rings. The lowest BCUT2D eigenvalue weighted by atomic mass is 10.1. The van der Waals surface area contributed by atoms with Crippen molar-refractivity contribution in [3.05, 3.63) is 35.4 Å². The smallest absolute Gasteiger partial charge is 0.407 e. The molecule has 5 nitrogen and oxygen atoms in total. The fraction of sp³-hybridized carbons (Fsp3) is 0.529. The van der Waals surface area contributed by atoms with Crippen molar-refractivity contribution in [1.29, 1.82) is 5.26 Å². The molecule has 0 saturated heterocycles. The minimum absolute atomic E-state index is 0.0955. The Balaban J connectivity index is 2.42. The second-order valence-corrected chi connectivity index (χ2v) is 6.41. The molecule has 0 aromatic heterocycles. The van der Waals surface area contributed by atoms with Crippen LogP contribution in [-0.2, 0) is 4.74 Å². The monoisotopic (exact) mass is 303 g/mol. The van der Waals surface area contributed by atoms with Gasteiger partial charge in [-0.3, -0.25) is 0 Å². The standard InChI is InChI=1S/C17H25N3O2/c1-12(11-19-16(21)22-17(3,4)5)20-13(2)15-8-6-14(10-18)7-9-15/h6-9,12-13,20H,11H2,1-5H3,(H,19,21). The maximum atomic E-state index is 11.6. The van der Waals surface area contributed by atoms with E-state index in [1.165, 1.54) is 0 Å². The zero-order valence-corrected chi connectivity index (χ0v) is 13.9. The molecule has 1 amide bonds. The van der Waals surface area contributed by atoms with Crippen molar-refractivity contribution in [3.8, 4) is 6.07 Å². The van der Waals surface area contributed by atoms with Crippen molar-refractivity contribution >= 4 is 6.09 Å². The van der Waals surface area contributed by atoms with Gasteiger partial charge in [0.2, 0.25) is 0 Å². The van der Waals surface area contributed by atoms with Gasteiger partial charge >= 0.3 is 6.09 Å². The molecule has 2 atom stereocenters. The quantitative estimate of drug-likeness (QED) is 0.876. The molecule has 1 aromatic carbocycles. The number of hydrogen-bond acceptors (Lipinski definition) is 4. The van der Waals surface area contributed by atoms with Gasteiger partial charge in [0.1, 0.15) is 5.60 Å². The Morgan fingerprint density at radius 1 is 1.27 bits per heavy atom. The van der Waals surface area contributed by atoms with Crippen LogP contribution in [0.1, 0.15) is 51.8 Å². The first-order valence-electron chi connectivity index (χ1n) is 7.44. The number of nitrogens with zero attached hydrogens (tertiary/aromatic N) is 1. The highest BCUT2D eigenvalue weighted by Crippen LogP contribution is 2.13. The van der Waals surface area contributed by atoms with Crippen LogP contribution in [0, 0.1) is 11.3 Å². The minimum atomic E-state index is -0.490.